The Balaban J connectivity index is 2.48. The number of primary amides is 1. The van der Waals surface area contributed by atoms with Crippen molar-refractivity contribution in [1.29, 1.82) is 0 Å². The van der Waals surface area contributed by atoms with Gasteiger partial charge in [-0.15, -0.1) is 5.10 Å². The van der Waals surface area contributed by atoms with Gasteiger partial charge in [-0.1, -0.05) is 6.07 Å². The molecule has 0 unspecified atom stereocenters. The first-order chi connectivity index (χ1) is 7.18. The van der Waals surface area contributed by atoms with Crippen molar-refractivity contribution in [3.8, 4) is 5.82 Å². The van der Waals surface area contributed by atoms with Crippen molar-refractivity contribution in [2.45, 2.75) is 0 Å². The number of carbonyl (C=O) groups excluding carboxylic acids is 1. The number of hydrogen-bond acceptors (Lipinski definition) is 4. The average Bonchev–Trinajstić information content (AvgIpc) is 2.62. The maximum atomic E-state index is 10.9. The minimum absolute atomic E-state index is 0.105. The molecule has 2 heterocycles. The summed E-state index contributed by atoms with van der Waals surface area (Å²) in [5.41, 5.74) is 10.8. The second-order valence-corrected chi connectivity index (χ2v) is 2.92. The number of amides is 1. The van der Waals surface area contributed by atoms with E-state index in [1.807, 2.05) is 6.07 Å². The van der Waals surface area contributed by atoms with Crippen molar-refractivity contribution in [3.05, 3.63) is 36.2 Å². The molecule has 0 bridgehead atoms. The van der Waals surface area contributed by atoms with Crippen molar-refractivity contribution >= 4 is 11.7 Å². The van der Waals surface area contributed by atoms with Crippen molar-refractivity contribution in [3.63, 3.8) is 0 Å². The number of nitrogens with two attached hydrogens (primary N) is 2. The van der Waals surface area contributed by atoms with E-state index in [1.54, 1.807) is 18.3 Å². The van der Waals surface area contributed by atoms with Crippen LogP contribution in [0.5, 0.6) is 0 Å². The Labute approximate surface area is 85.5 Å². The molecule has 0 saturated carbocycles. The monoisotopic (exact) mass is 203 g/mol. The van der Waals surface area contributed by atoms with Gasteiger partial charge in [0.2, 0.25) is 0 Å². The molecule has 0 aliphatic heterocycles. The highest BCUT2D eigenvalue weighted by Gasteiger charge is 2.11. The molecule has 4 N–H and O–H groups in total. The Kier molecular flexibility index (Phi) is 2.09. The number of anilines is 1. The molecule has 15 heavy (non-hydrogen) atoms. The third kappa shape index (κ3) is 1.64. The summed E-state index contributed by atoms with van der Waals surface area (Å²) in [6.45, 7) is 0. The summed E-state index contributed by atoms with van der Waals surface area (Å²) in [4.78, 5) is 15.0. The third-order valence-electron chi connectivity index (χ3n) is 1.89. The first kappa shape index (κ1) is 9.20. The van der Waals surface area contributed by atoms with Crippen LogP contribution in [0, 0.1) is 0 Å². The fraction of sp³-hybridized carbons (Fsp3) is 0. The first-order valence-corrected chi connectivity index (χ1v) is 4.25. The third-order valence-corrected chi connectivity index (χ3v) is 1.89. The largest absolute Gasteiger partial charge is 0.382 e. The molecule has 2 rings (SSSR count). The van der Waals surface area contributed by atoms with Crippen LogP contribution in [0.1, 0.15) is 10.4 Å². The zero-order valence-electron chi connectivity index (χ0n) is 7.79. The van der Waals surface area contributed by atoms with E-state index < -0.39 is 5.91 Å². The minimum atomic E-state index is -0.602. The van der Waals surface area contributed by atoms with Gasteiger partial charge < -0.3 is 11.5 Å². The van der Waals surface area contributed by atoms with E-state index in [9.17, 15) is 4.79 Å². The molecule has 6 heteroatoms. The van der Waals surface area contributed by atoms with Crippen LogP contribution in [0.4, 0.5) is 5.82 Å². The van der Waals surface area contributed by atoms with E-state index in [0.717, 1.165) is 0 Å². The lowest BCUT2D eigenvalue weighted by molar-refractivity contribution is 0.100. The van der Waals surface area contributed by atoms with Gasteiger partial charge in [0.05, 0.1) is 0 Å². The van der Waals surface area contributed by atoms with Crippen molar-refractivity contribution in [1.82, 2.24) is 14.8 Å². The van der Waals surface area contributed by atoms with Crippen LogP contribution in [0.3, 0.4) is 0 Å². The Bertz CT molecular complexity index is 490. The van der Waals surface area contributed by atoms with E-state index in [0.29, 0.717) is 5.82 Å². The quantitative estimate of drug-likeness (QED) is 0.714. The second kappa shape index (κ2) is 3.41. The number of carbonyl (C=O) groups is 1. The lowest BCUT2D eigenvalue weighted by atomic mass is 10.3. The lowest BCUT2D eigenvalue weighted by Crippen LogP contribution is -2.11. The Morgan fingerprint density at radius 2 is 2.20 bits per heavy atom. The molecule has 1 amide bonds. The molecule has 0 fully saturated rings. The molecule has 2 aromatic heterocycles. The predicted octanol–water partition coefficient (Wildman–Crippen LogP) is -0.0516. The zero-order chi connectivity index (χ0) is 10.8. The Morgan fingerprint density at radius 1 is 1.40 bits per heavy atom. The molecule has 0 aliphatic rings. The zero-order valence-corrected chi connectivity index (χ0v) is 7.79. The number of nitrogens with zero attached hydrogens (tertiary/aromatic N) is 3. The van der Waals surface area contributed by atoms with Crippen LogP contribution in [0.25, 0.3) is 5.82 Å². The smallest absolute Gasteiger partial charge is 0.254 e. The molecule has 0 aromatic carbocycles. The molecule has 0 spiro atoms. The molecule has 0 radical (unpaired) electrons. The lowest BCUT2D eigenvalue weighted by Gasteiger charge is -1.96. The van der Waals surface area contributed by atoms with Gasteiger partial charge >= 0.3 is 0 Å². The van der Waals surface area contributed by atoms with Gasteiger partial charge in [0.1, 0.15) is 5.56 Å². The minimum Gasteiger partial charge on any atom is -0.382 e. The van der Waals surface area contributed by atoms with Crippen molar-refractivity contribution in [2.24, 2.45) is 5.73 Å². The molecular formula is C9H9N5O. The predicted molar refractivity (Wildman–Crippen MR) is 54.3 cm³/mol. The summed E-state index contributed by atoms with van der Waals surface area (Å²) in [7, 11) is 0. The highest BCUT2D eigenvalue weighted by Crippen LogP contribution is 2.11. The van der Waals surface area contributed by atoms with Crippen LogP contribution >= 0.6 is 0 Å². The number of pyridine rings is 1. The van der Waals surface area contributed by atoms with Crippen LogP contribution in [-0.2, 0) is 0 Å². The van der Waals surface area contributed by atoms with E-state index in [1.165, 1.54) is 10.9 Å². The molecule has 2 aromatic rings. The molecule has 76 valence electrons. The summed E-state index contributed by atoms with van der Waals surface area (Å²) in [6.07, 6.45) is 3.08. The standard InChI is InChI=1S/C9H9N5O/c10-8-6(9(11)15)5-14(13-8)7-3-1-2-4-12-7/h1-5H,(H2,10,13)(H2,11,15). The number of rotatable bonds is 2. The van der Waals surface area contributed by atoms with Crippen LogP contribution in [0.15, 0.2) is 30.6 Å². The highest BCUT2D eigenvalue weighted by atomic mass is 16.1. The Hall–Kier alpha value is -2.37. The van der Waals surface area contributed by atoms with Gasteiger partial charge in [-0.05, 0) is 12.1 Å². The fourth-order valence-corrected chi connectivity index (χ4v) is 1.18. The summed E-state index contributed by atoms with van der Waals surface area (Å²) in [5, 5.41) is 3.93. The van der Waals surface area contributed by atoms with Gasteiger partial charge in [-0.2, -0.15) is 0 Å². The van der Waals surface area contributed by atoms with Crippen LogP contribution in [0.2, 0.25) is 0 Å². The molecular weight excluding hydrogens is 194 g/mol. The molecule has 0 saturated heterocycles. The summed E-state index contributed by atoms with van der Waals surface area (Å²) < 4.78 is 1.41. The van der Waals surface area contributed by atoms with E-state index in [2.05, 4.69) is 10.1 Å². The first-order valence-electron chi connectivity index (χ1n) is 4.25. The molecule has 0 atom stereocenters. The summed E-state index contributed by atoms with van der Waals surface area (Å²) in [5.74, 6) is 0.0829. The van der Waals surface area contributed by atoms with Gasteiger partial charge in [0.25, 0.3) is 5.91 Å². The van der Waals surface area contributed by atoms with E-state index in [4.69, 9.17) is 11.5 Å². The van der Waals surface area contributed by atoms with E-state index >= 15 is 0 Å². The maximum absolute atomic E-state index is 10.9. The average molecular weight is 203 g/mol. The maximum Gasteiger partial charge on any atom is 0.254 e. The van der Waals surface area contributed by atoms with Crippen molar-refractivity contribution in [2.75, 3.05) is 5.73 Å². The topological polar surface area (TPSA) is 99.8 Å². The summed E-state index contributed by atoms with van der Waals surface area (Å²) >= 11 is 0. The normalized spacial score (nSPS) is 10.1. The molecule has 6 nitrogen and oxygen atoms in total. The number of nitrogen functional groups attached to an aromatic ring is 1. The van der Waals surface area contributed by atoms with Gasteiger partial charge in [-0.25, -0.2) is 9.67 Å². The SMILES string of the molecule is NC(=O)c1cn(-c2ccccn2)nc1N. The second-order valence-electron chi connectivity index (χ2n) is 2.92. The summed E-state index contributed by atoms with van der Waals surface area (Å²) in [6, 6.07) is 5.34. The van der Waals surface area contributed by atoms with Crippen LogP contribution in [-0.4, -0.2) is 20.7 Å². The highest BCUT2D eigenvalue weighted by molar-refractivity contribution is 5.96. The van der Waals surface area contributed by atoms with Crippen molar-refractivity contribution < 1.29 is 4.79 Å². The van der Waals surface area contributed by atoms with Gasteiger partial charge in [0.15, 0.2) is 11.6 Å². The van der Waals surface area contributed by atoms with Crippen LogP contribution < -0.4 is 11.5 Å². The number of aromatic nitrogens is 3. The van der Waals surface area contributed by atoms with Gasteiger partial charge in [-0.3, -0.25) is 4.79 Å². The number of hydrogen-bond donors (Lipinski definition) is 2. The Morgan fingerprint density at radius 3 is 2.73 bits per heavy atom. The fourth-order valence-electron chi connectivity index (χ4n) is 1.18. The van der Waals surface area contributed by atoms with Gasteiger partial charge in [0, 0.05) is 12.4 Å². The van der Waals surface area contributed by atoms with E-state index in [-0.39, 0.29) is 11.4 Å². The molecule has 0 aliphatic carbocycles.